The van der Waals surface area contributed by atoms with Crippen molar-refractivity contribution >= 4 is 5.95 Å². The summed E-state index contributed by atoms with van der Waals surface area (Å²) in [5.41, 5.74) is 6.52. The molecule has 0 radical (unpaired) electrons. The molecule has 0 bridgehead atoms. The molecule has 0 spiro atoms. The highest BCUT2D eigenvalue weighted by molar-refractivity contribution is 5.17. The van der Waals surface area contributed by atoms with E-state index in [-0.39, 0.29) is 5.54 Å². The summed E-state index contributed by atoms with van der Waals surface area (Å²) in [4.78, 5) is 7.81. The molecular formula is C9H16N4. The van der Waals surface area contributed by atoms with Gasteiger partial charge in [0.05, 0.1) is 0 Å². The van der Waals surface area contributed by atoms with Gasteiger partial charge in [-0.3, -0.25) is 0 Å². The molecule has 0 amide bonds. The van der Waals surface area contributed by atoms with Crippen molar-refractivity contribution in [3.8, 4) is 0 Å². The molecule has 0 atom stereocenters. The number of rotatable bonds is 2. The summed E-state index contributed by atoms with van der Waals surface area (Å²) >= 11 is 0. The number of hydrogen-bond acceptors (Lipinski definition) is 4. The molecule has 0 aromatic carbocycles. The van der Waals surface area contributed by atoms with Crippen LogP contribution >= 0.6 is 0 Å². The molecule has 1 aromatic heterocycles. The Hall–Kier alpha value is -1.16. The Kier molecular flexibility index (Phi) is 2.83. The molecule has 0 aliphatic heterocycles. The van der Waals surface area contributed by atoms with Crippen LogP contribution in [0.4, 0.5) is 5.95 Å². The van der Waals surface area contributed by atoms with E-state index in [9.17, 15) is 0 Å². The van der Waals surface area contributed by atoms with E-state index in [1.54, 1.807) is 12.4 Å². The molecule has 0 aliphatic rings. The predicted molar refractivity (Wildman–Crippen MR) is 53.0 cm³/mol. The SMILES string of the molecule is CC(C)(C)NCc1cnc(N)nc1. The molecule has 72 valence electrons. The standard InChI is InChI=1S/C9H16N4/c1-9(2,3)13-6-7-4-11-8(10)12-5-7/h4-5,13H,6H2,1-3H3,(H2,10,11,12). The van der Waals surface area contributed by atoms with Crippen molar-refractivity contribution in [1.82, 2.24) is 15.3 Å². The minimum absolute atomic E-state index is 0.112. The first-order valence-electron chi connectivity index (χ1n) is 4.29. The smallest absolute Gasteiger partial charge is 0.219 e. The van der Waals surface area contributed by atoms with Crippen molar-refractivity contribution in [2.24, 2.45) is 0 Å². The van der Waals surface area contributed by atoms with Crippen LogP contribution in [-0.2, 0) is 6.54 Å². The number of hydrogen-bond donors (Lipinski definition) is 2. The fourth-order valence-corrected chi connectivity index (χ4v) is 0.823. The van der Waals surface area contributed by atoms with Crippen molar-refractivity contribution in [2.45, 2.75) is 32.9 Å². The van der Waals surface area contributed by atoms with Crippen LogP contribution in [0.1, 0.15) is 26.3 Å². The fraction of sp³-hybridized carbons (Fsp3) is 0.556. The molecule has 1 aromatic rings. The molecule has 3 N–H and O–H groups in total. The summed E-state index contributed by atoms with van der Waals surface area (Å²) < 4.78 is 0. The van der Waals surface area contributed by atoms with Crippen LogP contribution in [0.2, 0.25) is 0 Å². The van der Waals surface area contributed by atoms with Gasteiger partial charge in [-0.25, -0.2) is 9.97 Å². The lowest BCUT2D eigenvalue weighted by Crippen LogP contribution is -2.35. The third-order valence-electron chi connectivity index (χ3n) is 1.55. The van der Waals surface area contributed by atoms with E-state index in [4.69, 9.17) is 5.73 Å². The van der Waals surface area contributed by atoms with E-state index in [2.05, 4.69) is 36.1 Å². The molecule has 0 fully saturated rings. The van der Waals surface area contributed by atoms with Gasteiger partial charge >= 0.3 is 0 Å². The van der Waals surface area contributed by atoms with Gasteiger partial charge < -0.3 is 11.1 Å². The highest BCUT2D eigenvalue weighted by atomic mass is 15.0. The third kappa shape index (κ3) is 3.85. The fourth-order valence-electron chi connectivity index (χ4n) is 0.823. The third-order valence-corrected chi connectivity index (χ3v) is 1.55. The van der Waals surface area contributed by atoms with E-state index in [1.165, 1.54) is 0 Å². The monoisotopic (exact) mass is 180 g/mol. The lowest BCUT2D eigenvalue weighted by molar-refractivity contribution is 0.423. The molecule has 0 aliphatic carbocycles. The average molecular weight is 180 g/mol. The molecule has 0 saturated carbocycles. The Morgan fingerprint density at radius 3 is 2.31 bits per heavy atom. The largest absolute Gasteiger partial charge is 0.368 e. The van der Waals surface area contributed by atoms with Crippen LogP contribution < -0.4 is 11.1 Å². The molecule has 4 heteroatoms. The second-order valence-corrected chi connectivity index (χ2v) is 4.05. The van der Waals surface area contributed by atoms with Gasteiger partial charge in [0, 0.05) is 30.0 Å². The van der Waals surface area contributed by atoms with Gasteiger partial charge in [0.15, 0.2) is 0 Å². The van der Waals surface area contributed by atoms with Crippen molar-refractivity contribution in [3.05, 3.63) is 18.0 Å². The van der Waals surface area contributed by atoms with Crippen molar-refractivity contribution in [3.63, 3.8) is 0 Å². The Balaban J connectivity index is 2.51. The van der Waals surface area contributed by atoms with Crippen LogP contribution in [0, 0.1) is 0 Å². The maximum Gasteiger partial charge on any atom is 0.219 e. The van der Waals surface area contributed by atoms with Crippen LogP contribution in [0.5, 0.6) is 0 Å². The van der Waals surface area contributed by atoms with E-state index < -0.39 is 0 Å². The van der Waals surface area contributed by atoms with Crippen LogP contribution in [0.15, 0.2) is 12.4 Å². The summed E-state index contributed by atoms with van der Waals surface area (Å²) in [6.45, 7) is 7.12. The molecule has 4 nitrogen and oxygen atoms in total. The van der Waals surface area contributed by atoms with Gasteiger partial charge in [-0.15, -0.1) is 0 Å². The maximum absolute atomic E-state index is 5.37. The quantitative estimate of drug-likeness (QED) is 0.711. The first-order chi connectivity index (χ1) is 5.97. The number of nitrogens with zero attached hydrogens (tertiary/aromatic N) is 2. The first kappa shape index (κ1) is 9.92. The van der Waals surface area contributed by atoms with E-state index in [1.807, 2.05) is 0 Å². The second kappa shape index (κ2) is 3.70. The summed E-state index contributed by atoms with van der Waals surface area (Å²) in [5, 5.41) is 3.34. The minimum atomic E-state index is 0.112. The number of aromatic nitrogens is 2. The Labute approximate surface area is 78.6 Å². The van der Waals surface area contributed by atoms with Crippen molar-refractivity contribution < 1.29 is 0 Å². The molecule has 0 unspecified atom stereocenters. The van der Waals surface area contributed by atoms with Gasteiger partial charge in [0.25, 0.3) is 0 Å². The van der Waals surface area contributed by atoms with E-state index >= 15 is 0 Å². The zero-order valence-electron chi connectivity index (χ0n) is 8.33. The van der Waals surface area contributed by atoms with E-state index in [0.29, 0.717) is 5.95 Å². The van der Waals surface area contributed by atoms with E-state index in [0.717, 1.165) is 12.1 Å². The molecule has 13 heavy (non-hydrogen) atoms. The van der Waals surface area contributed by atoms with Crippen LogP contribution in [0.25, 0.3) is 0 Å². The van der Waals surface area contributed by atoms with Gasteiger partial charge in [-0.05, 0) is 20.8 Å². The van der Waals surface area contributed by atoms with Gasteiger partial charge in [-0.1, -0.05) is 0 Å². The highest BCUT2D eigenvalue weighted by Crippen LogP contribution is 2.02. The zero-order valence-corrected chi connectivity index (χ0v) is 8.33. The Morgan fingerprint density at radius 2 is 1.85 bits per heavy atom. The van der Waals surface area contributed by atoms with Crippen LogP contribution in [-0.4, -0.2) is 15.5 Å². The molecule has 0 saturated heterocycles. The topological polar surface area (TPSA) is 63.8 Å². The number of nitrogens with one attached hydrogen (secondary N) is 1. The Morgan fingerprint density at radius 1 is 1.31 bits per heavy atom. The van der Waals surface area contributed by atoms with Crippen molar-refractivity contribution in [2.75, 3.05) is 5.73 Å². The maximum atomic E-state index is 5.37. The van der Waals surface area contributed by atoms with Crippen molar-refractivity contribution in [1.29, 1.82) is 0 Å². The average Bonchev–Trinajstić information content (AvgIpc) is 2.02. The first-order valence-corrected chi connectivity index (χ1v) is 4.29. The van der Waals surface area contributed by atoms with Gasteiger partial charge in [0.2, 0.25) is 5.95 Å². The summed E-state index contributed by atoms with van der Waals surface area (Å²) in [6.07, 6.45) is 3.47. The highest BCUT2D eigenvalue weighted by Gasteiger charge is 2.08. The molecular weight excluding hydrogens is 164 g/mol. The number of anilines is 1. The number of nitrogens with two attached hydrogens (primary N) is 1. The summed E-state index contributed by atoms with van der Waals surface area (Å²) in [5.74, 6) is 0.319. The lowest BCUT2D eigenvalue weighted by atomic mass is 10.1. The van der Waals surface area contributed by atoms with Gasteiger partial charge in [0.1, 0.15) is 0 Å². The second-order valence-electron chi connectivity index (χ2n) is 4.05. The minimum Gasteiger partial charge on any atom is -0.368 e. The van der Waals surface area contributed by atoms with Gasteiger partial charge in [-0.2, -0.15) is 0 Å². The number of nitrogen functional groups attached to an aromatic ring is 1. The molecule has 1 heterocycles. The summed E-state index contributed by atoms with van der Waals surface area (Å²) in [7, 11) is 0. The zero-order chi connectivity index (χ0) is 9.90. The predicted octanol–water partition coefficient (Wildman–Crippen LogP) is 0.947. The summed E-state index contributed by atoms with van der Waals surface area (Å²) in [6, 6.07) is 0. The normalized spacial score (nSPS) is 11.6. The van der Waals surface area contributed by atoms with Crippen LogP contribution in [0.3, 0.4) is 0 Å². The molecule has 1 rings (SSSR count). The Bertz CT molecular complexity index is 260. The lowest BCUT2D eigenvalue weighted by Gasteiger charge is -2.20.